The number of hydrogen-bond donors (Lipinski definition) is 2. The van der Waals surface area contributed by atoms with Crippen LogP contribution in [0.15, 0.2) is 90.6 Å². The highest BCUT2D eigenvalue weighted by Gasteiger charge is 2.16. The molecule has 140 valence electrons. The van der Waals surface area contributed by atoms with Crippen molar-refractivity contribution in [2.24, 2.45) is 0 Å². The highest BCUT2D eigenvalue weighted by Crippen LogP contribution is 2.15. The highest BCUT2D eigenvalue weighted by molar-refractivity contribution is 6.34. The predicted octanol–water partition coefficient (Wildman–Crippen LogP) is 4.43. The summed E-state index contributed by atoms with van der Waals surface area (Å²) in [5.74, 6) is -0.823. The molecule has 0 aliphatic rings. The lowest BCUT2D eigenvalue weighted by atomic mass is 10.1. The van der Waals surface area contributed by atoms with Crippen molar-refractivity contribution in [2.75, 3.05) is 0 Å². The fourth-order valence-corrected chi connectivity index (χ4v) is 2.80. The van der Waals surface area contributed by atoms with Crippen LogP contribution in [-0.2, 0) is 11.3 Å². The molecule has 0 fully saturated rings. The Labute approximate surface area is 168 Å². The lowest BCUT2D eigenvalue weighted by Crippen LogP contribution is -2.34. The number of halogens is 1. The van der Waals surface area contributed by atoms with E-state index < -0.39 is 5.91 Å². The third-order valence-electron chi connectivity index (χ3n) is 4.02. The summed E-state index contributed by atoms with van der Waals surface area (Å²) in [6.45, 7) is 0.355. The van der Waals surface area contributed by atoms with E-state index in [0.717, 1.165) is 11.1 Å². The Morgan fingerprint density at radius 2 is 1.43 bits per heavy atom. The Balaban J connectivity index is 1.81. The summed E-state index contributed by atoms with van der Waals surface area (Å²) in [5.41, 5.74) is 2.21. The highest BCUT2D eigenvalue weighted by atomic mass is 35.5. The summed E-state index contributed by atoms with van der Waals surface area (Å²) >= 11 is 6.10. The van der Waals surface area contributed by atoms with Gasteiger partial charge in [0.25, 0.3) is 11.8 Å². The summed E-state index contributed by atoms with van der Waals surface area (Å²) < 4.78 is 0. The van der Waals surface area contributed by atoms with Gasteiger partial charge in [-0.3, -0.25) is 9.59 Å². The molecule has 0 atom stereocenters. The maximum Gasteiger partial charge on any atom is 0.268 e. The molecule has 0 spiro atoms. The lowest BCUT2D eigenvalue weighted by molar-refractivity contribution is -0.117. The summed E-state index contributed by atoms with van der Waals surface area (Å²) in [4.78, 5) is 25.4. The van der Waals surface area contributed by atoms with E-state index in [1.165, 1.54) is 0 Å². The summed E-state index contributed by atoms with van der Waals surface area (Å²) in [7, 11) is 0. The zero-order chi connectivity index (χ0) is 19.8. The number of amides is 2. The first-order valence-electron chi connectivity index (χ1n) is 8.78. The summed E-state index contributed by atoms with van der Waals surface area (Å²) in [5, 5.41) is 5.84. The number of nitrogens with one attached hydrogen (secondary N) is 2. The Morgan fingerprint density at radius 1 is 0.821 bits per heavy atom. The molecule has 0 unspecified atom stereocenters. The van der Waals surface area contributed by atoms with Crippen LogP contribution in [-0.4, -0.2) is 11.8 Å². The molecule has 0 heterocycles. The molecule has 3 aromatic carbocycles. The predicted molar refractivity (Wildman–Crippen MR) is 112 cm³/mol. The number of carbonyl (C=O) groups excluding carboxylic acids is 2. The Bertz CT molecular complexity index is 986. The van der Waals surface area contributed by atoms with E-state index in [1.54, 1.807) is 30.3 Å². The molecule has 0 radical (unpaired) electrons. The number of rotatable bonds is 6. The van der Waals surface area contributed by atoms with E-state index in [0.29, 0.717) is 17.1 Å². The van der Waals surface area contributed by atoms with Gasteiger partial charge in [0, 0.05) is 6.54 Å². The monoisotopic (exact) mass is 390 g/mol. The van der Waals surface area contributed by atoms with Crippen LogP contribution in [0.1, 0.15) is 21.5 Å². The van der Waals surface area contributed by atoms with Crippen molar-refractivity contribution in [1.82, 2.24) is 10.6 Å². The van der Waals surface area contributed by atoms with Crippen molar-refractivity contribution in [3.05, 3.63) is 112 Å². The molecular formula is C23H19ClN2O2. The standard InChI is InChI=1S/C23H19ClN2O2/c24-20-14-8-7-13-19(20)22(27)26-21(15-17-9-3-1-4-10-17)23(28)25-16-18-11-5-2-6-12-18/h1-15H,16H2,(H,25,28)(H,26,27). The van der Waals surface area contributed by atoms with Gasteiger partial charge in [-0.1, -0.05) is 84.4 Å². The van der Waals surface area contributed by atoms with Gasteiger partial charge < -0.3 is 10.6 Å². The van der Waals surface area contributed by atoms with E-state index in [-0.39, 0.29) is 11.6 Å². The van der Waals surface area contributed by atoms with Gasteiger partial charge in [-0.15, -0.1) is 0 Å². The molecule has 0 bridgehead atoms. The van der Waals surface area contributed by atoms with Gasteiger partial charge in [0.05, 0.1) is 10.6 Å². The van der Waals surface area contributed by atoms with Crippen molar-refractivity contribution in [3.8, 4) is 0 Å². The molecular weight excluding hydrogens is 372 g/mol. The van der Waals surface area contributed by atoms with E-state index in [9.17, 15) is 9.59 Å². The molecule has 2 N–H and O–H groups in total. The smallest absolute Gasteiger partial charge is 0.268 e. The van der Waals surface area contributed by atoms with Crippen molar-refractivity contribution in [2.45, 2.75) is 6.54 Å². The molecule has 0 saturated heterocycles. The van der Waals surface area contributed by atoms with Crippen LogP contribution in [0.25, 0.3) is 6.08 Å². The van der Waals surface area contributed by atoms with Crippen LogP contribution in [0.4, 0.5) is 0 Å². The first kappa shape index (κ1) is 19.4. The van der Waals surface area contributed by atoms with Crippen LogP contribution >= 0.6 is 11.6 Å². The van der Waals surface area contributed by atoms with Crippen molar-refractivity contribution in [3.63, 3.8) is 0 Å². The van der Waals surface area contributed by atoms with Gasteiger partial charge in [0.1, 0.15) is 5.70 Å². The Hall–Kier alpha value is -3.37. The van der Waals surface area contributed by atoms with E-state index in [4.69, 9.17) is 11.6 Å². The number of benzene rings is 3. The fraction of sp³-hybridized carbons (Fsp3) is 0.0435. The molecule has 0 aliphatic heterocycles. The minimum Gasteiger partial charge on any atom is -0.347 e. The maximum atomic E-state index is 12.7. The first-order valence-corrected chi connectivity index (χ1v) is 9.16. The van der Waals surface area contributed by atoms with Crippen LogP contribution in [0, 0.1) is 0 Å². The molecule has 0 aliphatic carbocycles. The van der Waals surface area contributed by atoms with Crippen LogP contribution in [0.3, 0.4) is 0 Å². The third kappa shape index (κ3) is 5.32. The SMILES string of the molecule is O=C(NCc1ccccc1)C(=Cc1ccccc1)NC(=O)c1ccccc1Cl. The Morgan fingerprint density at radius 3 is 2.11 bits per heavy atom. The van der Waals surface area contributed by atoms with Crippen molar-refractivity contribution < 1.29 is 9.59 Å². The minimum absolute atomic E-state index is 0.145. The second kappa shape index (κ2) is 9.53. The quantitative estimate of drug-likeness (QED) is 0.612. The molecule has 0 aromatic heterocycles. The molecule has 3 rings (SSSR count). The molecule has 28 heavy (non-hydrogen) atoms. The summed E-state index contributed by atoms with van der Waals surface area (Å²) in [6.07, 6.45) is 1.63. The third-order valence-corrected chi connectivity index (χ3v) is 4.35. The molecule has 4 nitrogen and oxygen atoms in total. The van der Waals surface area contributed by atoms with E-state index in [2.05, 4.69) is 10.6 Å². The summed E-state index contributed by atoms with van der Waals surface area (Å²) in [6, 6.07) is 25.6. The average molecular weight is 391 g/mol. The maximum absolute atomic E-state index is 12.7. The van der Waals surface area contributed by atoms with Gasteiger partial charge >= 0.3 is 0 Å². The molecule has 0 saturated carbocycles. The topological polar surface area (TPSA) is 58.2 Å². The molecule has 2 amide bonds. The van der Waals surface area contributed by atoms with Crippen LogP contribution in [0.2, 0.25) is 5.02 Å². The zero-order valence-corrected chi connectivity index (χ0v) is 15.8. The second-order valence-corrected chi connectivity index (χ2v) is 6.48. The average Bonchev–Trinajstić information content (AvgIpc) is 2.73. The molecule has 5 heteroatoms. The van der Waals surface area contributed by atoms with Gasteiger partial charge in [-0.2, -0.15) is 0 Å². The largest absolute Gasteiger partial charge is 0.347 e. The minimum atomic E-state index is -0.442. The van der Waals surface area contributed by atoms with Crippen molar-refractivity contribution >= 4 is 29.5 Å². The van der Waals surface area contributed by atoms with Gasteiger partial charge in [-0.05, 0) is 29.3 Å². The van der Waals surface area contributed by atoms with Crippen LogP contribution in [0.5, 0.6) is 0 Å². The second-order valence-electron chi connectivity index (χ2n) is 6.07. The normalized spacial score (nSPS) is 11.0. The van der Waals surface area contributed by atoms with E-state index in [1.807, 2.05) is 60.7 Å². The van der Waals surface area contributed by atoms with E-state index >= 15 is 0 Å². The number of hydrogen-bond acceptors (Lipinski definition) is 2. The van der Waals surface area contributed by atoms with Gasteiger partial charge in [-0.25, -0.2) is 0 Å². The molecule has 3 aromatic rings. The van der Waals surface area contributed by atoms with Gasteiger partial charge in [0.2, 0.25) is 0 Å². The fourth-order valence-electron chi connectivity index (χ4n) is 2.58. The first-order chi connectivity index (χ1) is 13.6. The lowest BCUT2D eigenvalue weighted by Gasteiger charge is -2.12. The van der Waals surface area contributed by atoms with Crippen molar-refractivity contribution in [1.29, 1.82) is 0 Å². The number of carbonyl (C=O) groups is 2. The Kier molecular flexibility index (Phi) is 6.60. The zero-order valence-electron chi connectivity index (χ0n) is 15.1. The van der Waals surface area contributed by atoms with Crippen LogP contribution < -0.4 is 10.6 Å². The van der Waals surface area contributed by atoms with Gasteiger partial charge in [0.15, 0.2) is 0 Å².